The maximum absolute atomic E-state index is 2.39. The first-order valence-electron chi connectivity index (χ1n) is 10.8. The molecule has 0 aliphatic heterocycles. The molecule has 4 aromatic carbocycles. The van der Waals surface area contributed by atoms with Gasteiger partial charge in [-0.3, -0.25) is 0 Å². The highest BCUT2D eigenvalue weighted by atomic mass is 32.1. The summed E-state index contributed by atoms with van der Waals surface area (Å²) in [7, 11) is 4.43. The molecule has 0 fully saturated rings. The Kier molecular flexibility index (Phi) is 3.08. The Morgan fingerprint density at radius 3 is 1.41 bits per heavy atom. The van der Waals surface area contributed by atoms with Gasteiger partial charge in [-0.2, -0.15) is 0 Å². The van der Waals surface area contributed by atoms with Crippen LogP contribution in [0.5, 0.6) is 0 Å². The standard InChI is InChI=1S/C28H18N2S2/c1-29-23-11-17-7-15-3-5-31-25(15)13-19(17)9-21(23)28-27(29)22-10-20-14-26-16(4-6-32-26)8-18(20)12-24(22)30(28)2/h3-14H,1-2H3. The van der Waals surface area contributed by atoms with Crippen LogP contribution in [0.3, 0.4) is 0 Å². The summed E-state index contributed by atoms with van der Waals surface area (Å²) in [6.07, 6.45) is 0. The van der Waals surface area contributed by atoms with Gasteiger partial charge in [0, 0.05) is 34.3 Å². The first-order valence-corrected chi connectivity index (χ1v) is 12.5. The maximum Gasteiger partial charge on any atom is 0.0751 e. The van der Waals surface area contributed by atoms with E-state index in [0.717, 1.165) is 0 Å². The number of hydrogen-bond acceptors (Lipinski definition) is 2. The molecule has 4 heterocycles. The first-order chi connectivity index (χ1) is 15.7. The molecule has 152 valence electrons. The van der Waals surface area contributed by atoms with Gasteiger partial charge in [0.1, 0.15) is 0 Å². The topological polar surface area (TPSA) is 9.86 Å². The lowest BCUT2D eigenvalue weighted by atomic mass is 10.1. The van der Waals surface area contributed by atoms with Crippen LogP contribution in [0.15, 0.2) is 71.4 Å². The summed E-state index contributed by atoms with van der Waals surface area (Å²) in [6, 6.07) is 23.3. The second-order valence-corrected chi connectivity index (χ2v) is 10.8. The minimum Gasteiger partial charge on any atom is -0.342 e. The molecule has 0 saturated carbocycles. The molecule has 0 N–H and O–H groups in total. The molecule has 8 rings (SSSR count). The van der Waals surface area contributed by atoms with Gasteiger partial charge in [0.25, 0.3) is 0 Å². The van der Waals surface area contributed by atoms with Gasteiger partial charge < -0.3 is 9.13 Å². The van der Waals surface area contributed by atoms with E-state index in [1.165, 1.54) is 74.6 Å². The van der Waals surface area contributed by atoms with Crippen LogP contribution in [0.1, 0.15) is 0 Å². The molecule has 32 heavy (non-hydrogen) atoms. The van der Waals surface area contributed by atoms with Crippen molar-refractivity contribution < 1.29 is 0 Å². The van der Waals surface area contributed by atoms with Crippen molar-refractivity contribution in [1.29, 1.82) is 0 Å². The second kappa shape index (κ2) is 5.71. The summed E-state index contributed by atoms with van der Waals surface area (Å²) in [5.41, 5.74) is 5.23. The van der Waals surface area contributed by atoms with E-state index in [2.05, 4.69) is 94.7 Å². The predicted octanol–water partition coefficient (Wildman–Crippen LogP) is 8.56. The van der Waals surface area contributed by atoms with Crippen LogP contribution in [-0.4, -0.2) is 9.13 Å². The number of nitrogens with zero attached hydrogens (tertiary/aromatic N) is 2. The molecule has 0 saturated heterocycles. The molecular formula is C28H18N2S2. The number of hydrogen-bond donors (Lipinski definition) is 0. The normalized spacial score (nSPS) is 12.7. The molecule has 8 aromatic rings. The zero-order valence-corrected chi connectivity index (χ0v) is 19.3. The minimum absolute atomic E-state index is 1.29. The van der Waals surface area contributed by atoms with Gasteiger partial charge in [0.05, 0.1) is 22.1 Å². The molecule has 0 amide bonds. The lowest BCUT2D eigenvalue weighted by molar-refractivity contribution is 1.01. The number of fused-ring (bicyclic) bond motifs is 9. The molecular weight excluding hydrogens is 428 g/mol. The zero-order chi connectivity index (χ0) is 21.1. The highest BCUT2D eigenvalue weighted by Gasteiger charge is 2.18. The van der Waals surface area contributed by atoms with Crippen molar-refractivity contribution in [1.82, 2.24) is 9.13 Å². The van der Waals surface area contributed by atoms with Crippen LogP contribution in [-0.2, 0) is 14.1 Å². The third-order valence-electron chi connectivity index (χ3n) is 7.18. The fourth-order valence-electron chi connectivity index (χ4n) is 5.60. The minimum atomic E-state index is 1.29. The SMILES string of the molecule is Cn1c2cc3cc4ccsc4cc3cc2c2c1c1cc3cc4sccc4cc3cc1n2C. The van der Waals surface area contributed by atoms with Crippen LogP contribution >= 0.6 is 22.7 Å². The molecule has 0 radical (unpaired) electrons. The lowest BCUT2D eigenvalue weighted by Crippen LogP contribution is -1.89. The number of thiophene rings is 2. The van der Waals surface area contributed by atoms with Crippen molar-refractivity contribution in [3.8, 4) is 0 Å². The van der Waals surface area contributed by atoms with E-state index in [1.807, 2.05) is 22.7 Å². The molecule has 0 spiro atoms. The van der Waals surface area contributed by atoms with Crippen molar-refractivity contribution in [2.75, 3.05) is 0 Å². The van der Waals surface area contributed by atoms with Gasteiger partial charge in [0.2, 0.25) is 0 Å². The highest BCUT2D eigenvalue weighted by Crippen LogP contribution is 2.40. The Morgan fingerprint density at radius 1 is 0.500 bits per heavy atom. The smallest absolute Gasteiger partial charge is 0.0751 e. The van der Waals surface area contributed by atoms with Crippen LogP contribution in [0.25, 0.3) is 74.6 Å². The van der Waals surface area contributed by atoms with E-state index >= 15 is 0 Å². The summed E-state index contributed by atoms with van der Waals surface area (Å²) in [6.45, 7) is 0. The maximum atomic E-state index is 2.39. The van der Waals surface area contributed by atoms with Crippen LogP contribution < -0.4 is 0 Å². The van der Waals surface area contributed by atoms with Gasteiger partial charge in [-0.15, -0.1) is 22.7 Å². The number of aromatic nitrogens is 2. The van der Waals surface area contributed by atoms with E-state index in [4.69, 9.17) is 0 Å². The Balaban J connectivity index is 1.56. The Hall–Kier alpha value is -3.34. The van der Waals surface area contributed by atoms with E-state index in [-0.39, 0.29) is 0 Å². The summed E-state index contributed by atoms with van der Waals surface area (Å²) in [4.78, 5) is 0. The third kappa shape index (κ3) is 2.04. The Labute approximate surface area is 191 Å². The van der Waals surface area contributed by atoms with E-state index < -0.39 is 0 Å². The van der Waals surface area contributed by atoms with Crippen molar-refractivity contribution in [2.45, 2.75) is 0 Å². The molecule has 0 unspecified atom stereocenters. The van der Waals surface area contributed by atoms with E-state index in [0.29, 0.717) is 0 Å². The van der Waals surface area contributed by atoms with E-state index in [9.17, 15) is 0 Å². The van der Waals surface area contributed by atoms with Crippen molar-refractivity contribution in [2.24, 2.45) is 14.1 Å². The van der Waals surface area contributed by atoms with Crippen LogP contribution in [0, 0.1) is 0 Å². The van der Waals surface area contributed by atoms with Gasteiger partial charge >= 0.3 is 0 Å². The van der Waals surface area contributed by atoms with E-state index in [1.54, 1.807) is 0 Å². The third-order valence-corrected chi connectivity index (χ3v) is 8.94. The van der Waals surface area contributed by atoms with Gasteiger partial charge in [-0.1, -0.05) is 0 Å². The van der Waals surface area contributed by atoms with Crippen LogP contribution in [0.4, 0.5) is 0 Å². The van der Waals surface area contributed by atoms with Crippen molar-refractivity contribution in [3.05, 3.63) is 71.4 Å². The van der Waals surface area contributed by atoms with Gasteiger partial charge in [-0.25, -0.2) is 0 Å². The molecule has 4 heteroatoms. The number of aryl methyl sites for hydroxylation is 2. The second-order valence-electron chi connectivity index (χ2n) is 8.87. The number of benzene rings is 4. The largest absolute Gasteiger partial charge is 0.342 e. The van der Waals surface area contributed by atoms with Crippen molar-refractivity contribution >= 4 is 97.2 Å². The summed E-state index contributed by atoms with van der Waals surface area (Å²) in [5.74, 6) is 0. The highest BCUT2D eigenvalue weighted by molar-refractivity contribution is 7.17. The fraction of sp³-hybridized carbons (Fsp3) is 0.0714. The molecule has 2 nitrogen and oxygen atoms in total. The lowest BCUT2D eigenvalue weighted by Gasteiger charge is -2.06. The van der Waals surface area contributed by atoms with Gasteiger partial charge in [-0.05, 0) is 104 Å². The average Bonchev–Trinajstić information content (AvgIpc) is 3.55. The monoisotopic (exact) mass is 446 g/mol. The fourth-order valence-corrected chi connectivity index (χ4v) is 7.24. The molecule has 4 aromatic heterocycles. The summed E-state index contributed by atoms with van der Waals surface area (Å²) >= 11 is 3.63. The molecule has 0 atom stereocenters. The first kappa shape index (κ1) is 17.2. The Morgan fingerprint density at radius 2 is 0.938 bits per heavy atom. The predicted molar refractivity (Wildman–Crippen MR) is 143 cm³/mol. The van der Waals surface area contributed by atoms with Gasteiger partial charge in [0.15, 0.2) is 0 Å². The average molecular weight is 447 g/mol. The summed E-state index contributed by atoms with van der Waals surface area (Å²) in [5, 5.41) is 14.9. The zero-order valence-electron chi connectivity index (χ0n) is 17.6. The van der Waals surface area contributed by atoms with Crippen LogP contribution in [0.2, 0.25) is 0 Å². The van der Waals surface area contributed by atoms with Crippen molar-refractivity contribution in [3.63, 3.8) is 0 Å². The quantitative estimate of drug-likeness (QED) is 0.221. The summed E-state index contributed by atoms with van der Waals surface area (Å²) < 4.78 is 7.49. The Bertz CT molecular complexity index is 1910. The molecule has 0 bridgehead atoms. The molecule has 0 aliphatic carbocycles. The number of rotatable bonds is 0. The molecule has 0 aliphatic rings.